The van der Waals surface area contributed by atoms with Crippen LogP contribution in [0.2, 0.25) is 5.02 Å². The number of methoxy groups -OCH3 is 1. The van der Waals surface area contributed by atoms with E-state index in [4.69, 9.17) is 16.0 Å². The molecule has 0 fully saturated rings. The molecule has 1 aromatic carbocycles. The standard InChI is InChI=1S/C10H7ClN2O3/c1-15-10(14)9-13-12-8(16-9)6-3-2-4-7(11)5-6/h2-5H,1H3. The summed E-state index contributed by atoms with van der Waals surface area (Å²) in [6, 6.07) is 6.89. The molecule has 0 aliphatic heterocycles. The quantitative estimate of drug-likeness (QED) is 0.751. The first-order chi connectivity index (χ1) is 7.70. The van der Waals surface area contributed by atoms with Crippen LogP contribution >= 0.6 is 11.6 Å². The number of ether oxygens (including phenoxy) is 1. The lowest BCUT2D eigenvalue weighted by atomic mass is 10.2. The predicted molar refractivity (Wildman–Crippen MR) is 56.1 cm³/mol. The fourth-order valence-corrected chi connectivity index (χ4v) is 1.32. The Morgan fingerprint density at radius 1 is 1.44 bits per heavy atom. The molecule has 1 aromatic heterocycles. The van der Waals surface area contributed by atoms with Crippen LogP contribution in [-0.2, 0) is 4.74 Å². The molecule has 0 amide bonds. The molecule has 0 bridgehead atoms. The summed E-state index contributed by atoms with van der Waals surface area (Å²) in [4.78, 5) is 11.1. The molecule has 1 heterocycles. The van der Waals surface area contributed by atoms with E-state index in [-0.39, 0.29) is 11.8 Å². The Morgan fingerprint density at radius 2 is 2.25 bits per heavy atom. The summed E-state index contributed by atoms with van der Waals surface area (Å²) in [5.74, 6) is -0.624. The minimum atomic E-state index is -0.666. The lowest BCUT2D eigenvalue weighted by Gasteiger charge is -1.94. The molecule has 6 heteroatoms. The summed E-state index contributed by atoms with van der Waals surface area (Å²) >= 11 is 5.81. The number of esters is 1. The van der Waals surface area contributed by atoms with Gasteiger partial charge in [0.1, 0.15) is 0 Å². The first-order valence-electron chi connectivity index (χ1n) is 4.38. The molecule has 0 aliphatic rings. The van der Waals surface area contributed by atoms with Crippen molar-refractivity contribution >= 4 is 17.6 Å². The number of rotatable bonds is 2. The highest BCUT2D eigenvalue weighted by atomic mass is 35.5. The van der Waals surface area contributed by atoms with Crippen molar-refractivity contribution in [2.24, 2.45) is 0 Å². The van der Waals surface area contributed by atoms with Gasteiger partial charge >= 0.3 is 11.9 Å². The normalized spacial score (nSPS) is 10.1. The van der Waals surface area contributed by atoms with Gasteiger partial charge in [0, 0.05) is 10.6 Å². The predicted octanol–water partition coefficient (Wildman–Crippen LogP) is 2.18. The molecule has 5 nitrogen and oxygen atoms in total. The average Bonchev–Trinajstić information content (AvgIpc) is 2.77. The van der Waals surface area contributed by atoms with Crippen molar-refractivity contribution in [2.75, 3.05) is 7.11 Å². The maximum Gasteiger partial charge on any atom is 0.396 e. The summed E-state index contributed by atoms with van der Waals surface area (Å²) in [7, 11) is 1.24. The Bertz CT molecular complexity index is 524. The summed E-state index contributed by atoms with van der Waals surface area (Å²) < 4.78 is 9.57. The third-order valence-corrected chi connectivity index (χ3v) is 2.09. The average molecular weight is 239 g/mol. The zero-order chi connectivity index (χ0) is 11.5. The van der Waals surface area contributed by atoms with E-state index < -0.39 is 5.97 Å². The van der Waals surface area contributed by atoms with Gasteiger partial charge in [-0.3, -0.25) is 0 Å². The van der Waals surface area contributed by atoms with Gasteiger partial charge in [-0.05, 0) is 18.2 Å². The smallest absolute Gasteiger partial charge is 0.396 e. The zero-order valence-electron chi connectivity index (χ0n) is 8.31. The van der Waals surface area contributed by atoms with E-state index in [0.29, 0.717) is 10.6 Å². The van der Waals surface area contributed by atoms with Gasteiger partial charge in [-0.25, -0.2) is 4.79 Å². The molecule has 82 valence electrons. The molecular formula is C10H7ClN2O3. The van der Waals surface area contributed by atoms with Gasteiger partial charge in [0.25, 0.3) is 0 Å². The van der Waals surface area contributed by atoms with E-state index in [1.807, 2.05) is 0 Å². The number of aromatic nitrogens is 2. The number of benzene rings is 1. The summed E-state index contributed by atoms with van der Waals surface area (Å²) in [5.41, 5.74) is 0.648. The Morgan fingerprint density at radius 3 is 2.94 bits per heavy atom. The second-order valence-corrected chi connectivity index (χ2v) is 3.35. The summed E-state index contributed by atoms with van der Waals surface area (Å²) in [6.45, 7) is 0. The van der Waals surface area contributed by atoms with Crippen molar-refractivity contribution in [1.29, 1.82) is 0 Å². The van der Waals surface area contributed by atoms with Crippen LogP contribution in [0.25, 0.3) is 11.5 Å². The van der Waals surface area contributed by atoms with Crippen molar-refractivity contribution in [3.8, 4) is 11.5 Å². The third kappa shape index (κ3) is 2.04. The third-order valence-electron chi connectivity index (χ3n) is 1.86. The number of halogens is 1. The Balaban J connectivity index is 2.35. The van der Waals surface area contributed by atoms with E-state index in [2.05, 4.69) is 14.9 Å². The number of hydrogen-bond donors (Lipinski definition) is 0. The molecule has 2 rings (SSSR count). The second-order valence-electron chi connectivity index (χ2n) is 2.91. The van der Waals surface area contributed by atoms with Gasteiger partial charge in [-0.15, -0.1) is 10.2 Å². The largest absolute Gasteiger partial charge is 0.462 e. The van der Waals surface area contributed by atoms with Crippen LogP contribution < -0.4 is 0 Å². The van der Waals surface area contributed by atoms with Crippen molar-refractivity contribution in [1.82, 2.24) is 10.2 Å². The summed E-state index contributed by atoms with van der Waals surface area (Å²) in [5, 5.41) is 7.83. The lowest BCUT2D eigenvalue weighted by Crippen LogP contribution is -2.00. The van der Waals surface area contributed by atoms with Crippen LogP contribution in [0.3, 0.4) is 0 Å². The van der Waals surface area contributed by atoms with Gasteiger partial charge in [0.15, 0.2) is 0 Å². The van der Waals surface area contributed by atoms with Crippen molar-refractivity contribution in [3.05, 3.63) is 35.2 Å². The zero-order valence-corrected chi connectivity index (χ0v) is 9.06. The van der Waals surface area contributed by atoms with E-state index in [1.165, 1.54) is 7.11 Å². The minimum Gasteiger partial charge on any atom is -0.462 e. The summed E-state index contributed by atoms with van der Waals surface area (Å²) in [6.07, 6.45) is 0. The highest BCUT2D eigenvalue weighted by Crippen LogP contribution is 2.21. The van der Waals surface area contributed by atoms with Crippen molar-refractivity contribution < 1.29 is 13.9 Å². The van der Waals surface area contributed by atoms with E-state index in [9.17, 15) is 4.79 Å². The van der Waals surface area contributed by atoms with Crippen LogP contribution in [0.5, 0.6) is 0 Å². The molecule has 0 unspecified atom stereocenters. The maximum atomic E-state index is 11.1. The first-order valence-corrected chi connectivity index (χ1v) is 4.76. The second kappa shape index (κ2) is 4.32. The van der Waals surface area contributed by atoms with Gasteiger partial charge in [0.2, 0.25) is 5.89 Å². The number of carbonyl (C=O) groups excluding carboxylic acids is 1. The highest BCUT2D eigenvalue weighted by molar-refractivity contribution is 6.30. The molecule has 2 aromatic rings. The molecule has 16 heavy (non-hydrogen) atoms. The molecule has 0 saturated heterocycles. The van der Waals surface area contributed by atoms with Crippen LogP contribution in [0.15, 0.2) is 28.7 Å². The van der Waals surface area contributed by atoms with E-state index >= 15 is 0 Å². The van der Waals surface area contributed by atoms with Gasteiger partial charge in [-0.1, -0.05) is 17.7 Å². The topological polar surface area (TPSA) is 65.2 Å². The lowest BCUT2D eigenvalue weighted by molar-refractivity contribution is 0.0556. The Labute approximate surface area is 96.0 Å². The minimum absolute atomic E-state index is 0.183. The van der Waals surface area contributed by atoms with Crippen LogP contribution in [0.4, 0.5) is 0 Å². The first kappa shape index (κ1) is 10.6. The van der Waals surface area contributed by atoms with Crippen LogP contribution in [-0.4, -0.2) is 23.3 Å². The molecule has 0 radical (unpaired) electrons. The van der Waals surface area contributed by atoms with Gasteiger partial charge < -0.3 is 9.15 Å². The number of carbonyl (C=O) groups is 1. The van der Waals surface area contributed by atoms with Crippen LogP contribution in [0, 0.1) is 0 Å². The van der Waals surface area contributed by atoms with Crippen molar-refractivity contribution in [2.45, 2.75) is 0 Å². The Hall–Kier alpha value is -1.88. The molecule has 0 spiro atoms. The molecule has 0 saturated carbocycles. The molecule has 0 atom stereocenters. The van der Waals surface area contributed by atoms with E-state index in [1.54, 1.807) is 24.3 Å². The van der Waals surface area contributed by atoms with E-state index in [0.717, 1.165) is 0 Å². The number of nitrogens with zero attached hydrogens (tertiary/aromatic N) is 2. The van der Waals surface area contributed by atoms with Gasteiger partial charge in [0.05, 0.1) is 7.11 Å². The van der Waals surface area contributed by atoms with Crippen molar-refractivity contribution in [3.63, 3.8) is 0 Å². The van der Waals surface area contributed by atoms with Crippen LogP contribution in [0.1, 0.15) is 10.7 Å². The fourth-order valence-electron chi connectivity index (χ4n) is 1.13. The molecular weight excluding hydrogens is 232 g/mol. The SMILES string of the molecule is COC(=O)c1nnc(-c2cccc(Cl)c2)o1. The highest BCUT2D eigenvalue weighted by Gasteiger charge is 2.15. The number of hydrogen-bond acceptors (Lipinski definition) is 5. The molecule has 0 aliphatic carbocycles. The fraction of sp³-hybridized carbons (Fsp3) is 0.100. The van der Waals surface area contributed by atoms with Gasteiger partial charge in [-0.2, -0.15) is 0 Å². The monoisotopic (exact) mass is 238 g/mol. The maximum absolute atomic E-state index is 11.1. The molecule has 0 N–H and O–H groups in total. The Kier molecular flexibility index (Phi) is 2.87.